The molecule has 1 aliphatic rings. The Morgan fingerprint density at radius 3 is 2.48 bits per heavy atom. The summed E-state index contributed by atoms with van der Waals surface area (Å²) >= 11 is 3.32. The lowest BCUT2D eigenvalue weighted by Gasteiger charge is -2.33. The van der Waals surface area contributed by atoms with E-state index in [1.807, 2.05) is 30.3 Å². The van der Waals surface area contributed by atoms with Crippen molar-refractivity contribution < 1.29 is 14.4 Å². The highest BCUT2D eigenvalue weighted by molar-refractivity contribution is 9.10. The zero-order valence-corrected chi connectivity index (χ0v) is 17.4. The number of nitrogens with two attached hydrogens (primary N) is 1. The van der Waals surface area contributed by atoms with Gasteiger partial charge in [0.25, 0.3) is 5.91 Å². The van der Waals surface area contributed by atoms with Crippen LogP contribution in [0, 0.1) is 5.92 Å². The van der Waals surface area contributed by atoms with E-state index in [2.05, 4.69) is 31.5 Å². The van der Waals surface area contributed by atoms with Crippen LogP contribution in [0.4, 0.5) is 11.4 Å². The summed E-state index contributed by atoms with van der Waals surface area (Å²) < 4.78 is 0.795. The van der Waals surface area contributed by atoms with E-state index in [1.165, 1.54) is 0 Å². The van der Waals surface area contributed by atoms with Gasteiger partial charge in [-0.15, -0.1) is 0 Å². The van der Waals surface area contributed by atoms with Crippen molar-refractivity contribution in [1.82, 2.24) is 5.32 Å². The Balaban J connectivity index is 1.58. The van der Waals surface area contributed by atoms with Crippen LogP contribution in [-0.4, -0.2) is 37.4 Å². The molecule has 0 aliphatic carbocycles. The van der Waals surface area contributed by atoms with E-state index in [0.29, 0.717) is 37.2 Å². The Morgan fingerprint density at radius 1 is 1.07 bits per heavy atom. The van der Waals surface area contributed by atoms with Crippen molar-refractivity contribution in [2.75, 3.05) is 29.9 Å². The lowest BCUT2D eigenvalue weighted by Crippen LogP contribution is -2.39. The maximum atomic E-state index is 12.4. The molecular weight excluding hydrogens is 436 g/mol. The van der Waals surface area contributed by atoms with Crippen LogP contribution >= 0.6 is 15.9 Å². The number of nitrogens with one attached hydrogen (secondary N) is 2. The van der Waals surface area contributed by atoms with Gasteiger partial charge >= 0.3 is 0 Å². The van der Waals surface area contributed by atoms with Crippen molar-refractivity contribution in [2.24, 2.45) is 11.7 Å². The number of anilines is 2. The van der Waals surface area contributed by atoms with Gasteiger partial charge in [-0.1, -0.05) is 34.1 Å². The zero-order chi connectivity index (χ0) is 20.8. The summed E-state index contributed by atoms with van der Waals surface area (Å²) in [5.74, 6) is -0.982. The van der Waals surface area contributed by atoms with E-state index in [9.17, 15) is 14.4 Å². The maximum absolute atomic E-state index is 12.4. The third-order valence-corrected chi connectivity index (χ3v) is 5.41. The second-order valence-electron chi connectivity index (χ2n) is 6.92. The van der Waals surface area contributed by atoms with Gasteiger partial charge < -0.3 is 21.3 Å². The van der Waals surface area contributed by atoms with Crippen molar-refractivity contribution in [2.45, 2.75) is 12.8 Å². The molecule has 29 heavy (non-hydrogen) atoms. The highest BCUT2D eigenvalue weighted by Gasteiger charge is 2.24. The Kier molecular flexibility index (Phi) is 6.87. The standard InChI is InChI=1S/C21H23BrN4O3/c22-16-5-3-4-15(12-16)21(29)24-13-19(27)25-17-6-1-2-7-18(17)26-10-8-14(9-11-26)20(23)28/h1-7,12,14H,8-11,13H2,(H2,23,28)(H,24,29)(H,25,27). The second kappa shape index (κ2) is 9.56. The molecule has 1 heterocycles. The molecule has 3 rings (SSSR count). The molecule has 0 unspecified atom stereocenters. The third-order valence-electron chi connectivity index (χ3n) is 4.91. The summed E-state index contributed by atoms with van der Waals surface area (Å²) in [6, 6.07) is 14.5. The first-order valence-corrected chi connectivity index (χ1v) is 10.2. The van der Waals surface area contributed by atoms with E-state index < -0.39 is 0 Å². The molecule has 0 spiro atoms. The predicted molar refractivity (Wildman–Crippen MR) is 116 cm³/mol. The van der Waals surface area contributed by atoms with Gasteiger partial charge in [0, 0.05) is 29.0 Å². The molecule has 0 aromatic heterocycles. The number of rotatable bonds is 6. The van der Waals surface area contributed by atoms with Crippen LogP contribution in [0.2, 0.25) is 0 Å². The molecule has 0 atom stereocenters. The van der Waals surface area contributed by atoms with Crippen LogP contribution in [-0.2, 0) is 9.59 Å². The fourth-order valence-electron chi connectivity index (χ4n) is 3.35. The Morgan fingerprint density at radius 2 is 1.79 bits per heavy atom. The number of hydrogen-bond donors (Lipinski definition) is 3. The highest BCUT2D eigenvalue weighted by atomic mass is 79.9. The Bertz CT molecular complexity index is 910. The molecule has 3 amide bonds. The number of benzene rings is 2. The van der Waals surface area contributed by atoms with E-state index >= 15 is 0 Å². The normalized spacial score (nSPS) is 14.3. The van der Waals surface area contributed by atoms with Crippen LogP contribution in [0.25, 0.3) is 0 Å². The second-order valence-corrected chi connectivity index (χ2v) is 7.84. The number of carbonyl (C=O) groups is 3. The number of carbonyl (C=O) groups excluding carboxylic acids is 3. The summed E-state index contributed by atoms with van der Waals surface area (Å²) in [5, 5.41) is 5.49. The molecule has 2 aromatic rings. The highest BCUT2D eigenvalue weighted by Crippen LogP contribution is 2.29. The molecule has 1 aliphatic heterocycles. The van der Waals surface area contributed by atoms with Crippen molar-refractivity contribution in [3.05, 3.63) is 58.6 Å². The monoisotopic (exact) mass is 458 g/mol. The van der Waals surface area contributed by atoms with Gasteiger partial charge in [-0.25, -0.2) is 0 Å². The van der Waals surface area contributed by atoms with E-state index in [1.54, 1.807) is 18.2 Å². The summed E-state index contributed by atoms with van der Waals surface area (Å²) in [6.07, 6.45) is 1.39. The van der Waals surface area contributed by atoms with Gasteiger partial charge in [0.15, 0.2) is 0 Å². The largest absolute Gasteiger partial charge is 0.370 e. The topological polar surface area (TPSA) is 105 Å². The van der Waals surface area contributed by atoms with Crippen LogP contribution < -0.4 is 21.3 Å². The molecule has 4 N–H and O–H groups in total. The van der Waals surface area contributed by atoms with E-state index in [0.717, 1.165) is 10.2 Å². The number of amides is 3. The van der Waals surface area contributed by atoms with Gasteiger partial charge in [-0.3, -0.25) is 14.4 Å². The molecule has 0 saturated carbocycles. The Hall–Kier alpha value is -2.87. The third kappa shape index (κ3) is 5.57. The predicted octanol–water partition coefficient (Wildman–Crippen LogP) is 2.52. The molecular formula is C21H23BrN4O3. The fourth-order valence-corrected chi connectivity index (χ4v) is 3.75. The fraction of sp³-hybridized carbons (Fsp3) is 0.286. The molecule has 1 fully saturated rings. The average Bonchev–Trinajstić information content (AvgIpc) is 2.72. The lowest BCUT2D eigenvalue weighted by atomic mass is 9.96. The molecule has 0 bridgehead atoms. The first-order chi connectivity index (χ1) is 13.9. The van der Waals surface area contributed by atoms with Gasteiger partial charge in [0.05, 0.1) is 17.9 Å². The van der Waals surface area contributed by atoms with Crippen LogP contribution in [0.15, 0.2) is 53.0 Å². The van der Waals surface area contributed by atoms with E-state index in [-0.39, 0.29) is 30.2 Å². The molecule has 1 saturated heterocycles. The molecule has 7 nitrogen and oxygen atoms in total. The number of halogens is 1. The van der Waals surface area contributed by atoms with Crippen LogP contribution in [0.1, 0.15) is 23.2 Å². The molecule has 152 valence electrons. The van der Waals surface area contributed by atoms with Gasteiger partial charge in [-0.2, -0.15) is 0 Å². The number of nitrogens with zero attached hydrogens (tertiary/aromatic N) is 1. The smallest absolute Gasteiger partial charge is 0.251 e. The summed E-state index contributed by atoms with van der Waals surface area (Å²) in [6.45, 7) is 1.25. The van der Waals surface area contributed by atoms with Crippen LogP contribution in [0.3, 0.4) is 0 Å². The van der Waals surface area contributed by atoms with Gasteiger partial charge in [0.2, 0.25) is 11.8 Å². The number of hydrogen-bond acceptors (Lipinski definition) is 4. The number of para-hydroxylation sites is 2. The first kappa shape index (κ1) is 20.9. The minimum Gasteiger partial charge on any atom is -0.370 e. The van der Waals surface area contributed by atoms with Crippen molar-refractivity contribution >= 4 is 45.0 Å². The first-order valence-electron chi connectivity index (χ1n) is 9.41. The number of primary amides is 1. The molecule has 0 radical (unpaired) electrons. The van der Waals surface area contributed by atoms with Gasteiger partial charge in [-0.05, 0) is 43.2 Å². The quantitative estimate of drug-likeness (QED) is 0.618. The van der Waals surface area contributed by atoms with Crippen molar-refractivity contribution in [1.29, 1.82) is 0 Å². The van der Waals surface area contributed by atoms with Crippen molar-refractivity contribution in [3.8, 4) is 0 Å². The lowest BCUT2D eigenvalue weighted by molar-refractivity contribution is -0.122. The Labute approximate surface area is 177 Å². The minimum absolute atomic E-state index is 0.0961. The zero-order valence-electron chi connectivity index (χ0n) is 15.9. The van der Waals surface area contributed by atoms with E-state index in [4.69, 9.17) is 5.73 Å². The minimum atomic E-state index is -0.316. The summed E-state index contributed by atoms with van der Waals surface area (Å²) in [7, 11) is 0. The average molecular weight is 459 g/mol. The van der Waals surface area contributed by atoms with Crippen LogP contribution in [0.5, 0.6) is 0 Å². The van der Waals surface area contributed by atoms with Gasteiger partial charge in [0.1, 0.15) is 0 Å². The molecule has 8 heteroatoms. The molecule has 2 aromatic carbocycles. The SMILES string of the molecule is NC(=O)C1CCN(c2ccccc2NC(=O)CNC(=O)c2cccc(Br)c2)CC1. The maximum Gasteiger partial charge on any atom is 0.251 e. The van der Waals surface area contributed by atoms with Crippen molar-refractivity contribution in [3.63, 3.8) is 0 Å². The summed E-state index contributed by atoms with van der Waals surface area (Å²) in [5.41, 5.74) is 7.44. The number of piperidine rings is 1. The summed E-state index contributed by atoms with van der Waals surface area (Å²) in [4.78, 5) is 38.1.